The number of nitro groups is 1. The van der Waals surface area contributed by atoms with Crippen molar-refractivity contribution >= 4 is 5.69 Å². The lowest BCUT2D eigenvalue weighted by Gasteiger charge is -2.23. The molecule has 1 aliphatic heterocycles. The number of ether oxygens (including phenoxy) is 2. The van der Waals surface area contributed by atoms with Crippen LogP contribution >= 0.6 is 0 Å². The van der Waals surface area contributed by atoms with Crippen LogP contribution < -0.4 is 14.8 Å². The van der Waals surface area contributed by atoms with E-state index >= 15 is 0 Å². The highest BCUT2D eigenvalue weighted by Gasteiger charge is 2.22. The molecule has 1 aliphatic rings. The summed E-state index contributed by atoms with van der Waals surface area (Å²) >= 11 is 0. The van der Waals surface area contributed by atoms with Gasteiger partial charge in [-0.2, -0.15) is 0 Å². The minimum absolute atomic E-state index is 0.0799. The maximum absolute atomic E-state index is 13.5. The first kappa shape index (κ1) is 20.7. The van der Waals surface area contributed by atoms with Crippen LogP contribution in [0.25, 0.3) is 11.1 Å². The molecule has 31 heavy (non-hydrogen) atoms. The van der Waals surface area contributed by atoms with E-state index in [0.717, 1.165) is 38.1 Å². The number of nitro benzene ring substituents is 1. The molecular weight excluding hydrogens is 408 g/mol. The minimum atomic E-state index is -0.969. The standard InChI is InChI=1S/C22H19F2N3O4/c23-19-3-1-14(10-20(19)24)15-9-18(13-26-12-15)30-17-2-4-22(21(11-17)27(28)29)31-16-5-7-25-8-6-16/h1-4,9-13,16,25H,5-8H2. The molecule has 0 spiro atoms. The Balaban J connectivity index is 1.55. The highest BCUT2D eigenvalue weighted by Crippen LogP contribution is 2.35. The molecule has 2 aromatic carbocycles. The van der Waals surface area contributed by atoms with Crippen molar-refractivity contribution in [3.8, 4) is 28.4 Å². The first-order chi connectivity index (χ1) is 15.0. The normalized spacial score (nSPS) is 14.3. The summed E-state index contributed by atoms with van der Waals surface area (Å²) in [5.41, 5.74) is 0.742. The summed E-state index contributed by atoms with van der Waals surface area (Å²) < 4.78 is 38.3. The van der Waals surface area contributed by atoms with E-state index in [-0.39, 0.29) is 23.3 Å². The summed E-state index contributed by atoms with van der Waals surface area (Å²) in [6, 6.07) is 9.49. The second-order valence-corrected chi connectivity index (χ2v) is 7.09. The number of benzene rings is 2. The molecule has 1 N–H and O–H groups in total. The van der Waals surface area contributed by atoms with Crippen LogP contribution in [0.1, 0.15) is 12.8 Å². The Hall–Kier alpha value is -3.59. The fourth-order valence-corrected chi connectivity index (χ4v) is 3.34. The highest BCUT2D eigenvalue weighted by atomic mass is 19.2. The van der Waals surface area contributed by atoms with Gasteiger partial charge in [0.15, 0.2) is 17.4 Å². The number of nitrogens with one attached hydrogen (secondary N) is 1. The molecule has 160 valence electrons. The van der Waals surface area contributed by atoms with E-state index in [9.17, 15) is 18.9 Å². The summed E-state index contributed by atoms with van der Waals surface area (Å²) in [4.78, 5) is 15.1. The SMILES string of the molecule is O=[N+]([O-])c1cc(Oc2cncc(-c3ccc(F)c(F)c3)c2)ccc1OC1CCNCC1. The first-order valence-electron chi connectivity index (χ1n) is 9.74. The fourth-order valence-electron chi connectivity index (χ4n) is 3.34. The summed E-state index contributed by atoms with van der Waals surface area (Å²) in [5, 5.41) is 14.8. The average molecular weight is 427 g/mol. The van der Waals surface area contributed by atoms with E-state index in [4.69, 9.17) is 9.47 Å². The van der Waals surface area contributed by atoms with Crippen LogP contribution in [0, 0.1) is 21.7 Å². The molecule has 0 saturated carbocycles. The van der Waals surface area contributed by atoms with Crippen molar-refractivity contribution in [1.29, 1.82) is 0 Å². The maximum atomic E-state index is 13.5. The topological polar surface area (TPSA) is 86.5 Å². The zero-order chi connectivity index (χ0) is 21.8. The van der Waals surface area contributed by atoms with Crippen LogP contribution in [0.15, 0.2) is 54.9 Å². The smallest absolute Gasteiger partial charge is 0.314 e. The number of aromatic nitrogens is 1. The van der Waals surface area contributed by atoms with Gasteiger partial charge in [0.1, 0.15) is 17.6 Å². The number of halogens is 2. The summed E-state index contributed by atoms with van der Waals surface area (Å²) in [7, 11) is 0. The minimum Gasteiger partial charge on any atom is -0.483 e. The van der Waals surface area contributed by atoms with Gasteiger partial charge in [-0.3, -0.25) is 15.1 Å². The molecule has 4 rings (SSSR count). The molecule has 0 amide bonds. The van der Waals surface area contributed by atoms with E-state index in [1.165, 1.54) is 30.6 Å². The van der Waals surface area contributed by atoms with Gasteiger partial charge in [-0.25, -0.2) is 8.78 Å². The molecule has 0 atom stereocenters. The number of hydrogen-bond acceptors (Lipinski definition) is 6. The van der Waals surface area contributed by atoms with Crippen molar-refractivity contribution in [1.82, 2.24) is 10.3 Å². The molecule has 0 unspecified atom stereocenters. The van der Waals surface area contributed by atoms with Crippen molar-refractivity contribution in [2.45, 2.75) is 18.9 Å². The van der Waals surface area contributed by atoms with Crippen molar-refractivity contribution in [2.24, 2.45) is 0 Å². The van der Waals surface area contributed by atoms with E-state index in [1.807, 2.05) is 0 Å². The number of nitrogens with zero attached hydrogens (tertiary/aromatic N) is 2. The van der Waals surface area contributed by atoms with Crippen molar-refractivity contribution < 1.29 is 23.2 Å². The molecule has 0 radical (unpaired) electrons. The van der Waals surface area contributed by atoms with E-state index < -0.39 is 16.6 Å². The Morgan fingerprint density at radius 1 is 0.968 bits per heavy atom. The lowest BCUT2D eigenvalue weighted by molar-refractivity contribution is -0.386. The number of pyridine rings is 1. The van der Waals surface area contributed by atoms with Gasteiger partial charge in [-0.1, -0.05) is 6.07 Å². The van der Waals surface area contributed by atoms with Crippen LogP contribution in [0.2, 0.25) is 0 Å². The number of piperidine rings is 1. The largest absolute Gasteiger partial charge is 0.483 e. The van der Waals surface area contributed by atoms with Crippen LogP contribution in [-0.2, 0) is 0 Å². The zero-order valence-corrected chi connectivity index (χ0v) is 16.4. The van der Waals surface area contributed by atoms with Gasteiger partial charge in [-0.05, 0) is 61.8 Å². The molecule has 1 saturated heterocycles. The van der Waals surface area contributed by atoms with Crippen LogP contribution in [0.4, 0.5) is 14.5 Å². The van der Waals surface area contributed by atoms with Crippen molar-refractivity contribution in [3.63, 3.8) is 0 Å². The van der Waals surface area contributed by atoms with Gasteiger partial charge < -0.3 is 14.8 Å². The Morgan fingerprint density at radius 3 is 2.52 bits per heavy atom. The van der Waals surface area contributed by atoms with Crippen molar-refractivity contribution in [3.05, 3.63) is 76.6 Å². The fraction of sp³-hybridized carbons (Fsp3) is 0.227. The Kier molecular flexibility index (Phi) is 6.03. The predicted molar refractivity (Wildman–Crippen MR) is 109 cm³/mol. The third kappa shape index (κ3) is 4.95. The summed E-state index contributed by atoms with van der Waals surface area (Å²) in [6.45, 7) is 1.61. The lowest BCUT2D eigenvalue weighted by Crippen LogP contribution is -2.34. The first-order valence-corrected chi connectivity index (χ1v) is 9.74. The van der Waals surface area contributed by atoms with Crippen LogP contribution in [0.5, 0.6) is 17.2 Å². The predicted octanol–water partition coefficient (Wildman–Crippen LogP) is 4.86. The third-order valence-electron chi connectivity index (χ3n) is 4.91. The zero-order valence-electron chi connectivity index (χ0n) is 16.4. The van der Waals surface area contributed by atoms with E-state index in [0.29, 0.717) is 16.9 Å². The van der Waals surface area contributed by atoms with Crippen LogP contribution in [-0.4, -0.2) is 29.1 Å². The third-order valence-corrected chi connectivity index (χ3v) is 4.91. The molecule has 3 aromatic rings. The van der Waals surface area contributed by atoms with E-state index in [1.54, 1.807) is 12.1 Å². The molecule has 1 aromatic heterocycles. The maximum Gasteiger partial charge on any atom is 0.314 e. The monoisotopic (exact) mass is 427 g/mol. The Bertz CT molecular complexity index is 1100. The molecule has 2 heterocycles. The van der Waals surface area contributed by atoms with Gasteiger partial charge in [0.05, 0.1) is 17.2 Å². The van der Waals surface area contributed by atoms with Gasteiger partial charge in [-0.15, -0.1) is 0 Å². The molecule has 1 fully saturated rings. The van der Waals surface area contributed by atoms with Gasteiger partial charge in [0, 0.05) is 11.8 Å². The van der Waals surface area contributed by atoms with Gasteiger partial charge >= 0.3 is 5.69 Å². The van der Waals surface area contributed by atoms with Gasteiger partial charge in [0.25, 0.3) is 0 Å². The highest BCUT2D eigenvalue weighted by molar-refractivity contribution is 5.64. The molecular formula is C22H19F2N3O4. The quantitative estimate of drug-likeness (QED) is 0.447. The Morgan fingerprint density at radius 2 is 1.77 bits per heavy atom. The van der Waals surface area contributed by atoms with E-state index in [2.05, 4.69) is 10.3 Å². The number of hydrogen-bond donors (Lipinski definition) is 1. The second kappa shape index (κ2) is 9.05. The number of rotatable bonds is 6. The van der Waals surface area contributed by atoms with Gasteiger partial charge in [0.2, 0.25) is 0 Å². The molecule has 0 aliphatic carbocycles. The molecule has 9 heteroatoms. The molecule has 0 bridgehead atoms. The summed E-state index contributed by atoms with van der Waals surface area (Å²) in [5.74, 6) is -1.19. The Labute approximate surface area is 176 Å². The lowest BCUT2D eigenvalue weighted by atomic mass is 10.1. The van der Waals surface area contributed by atoms with Crippen molar-refractivity contribution in [2.75, 3.05) is 13.1 Å². The average Bonchev–Trinajstić information content (AvgIpc) is 2.77. The summed E-state index contributed by atoms with van der Waals surface area (Å²) in [6.07, 6.45) is 4.38. The molecule has 7 nitrogen and oxygen atoms in total. The second-order valence-electron chi connectivity index (χ2n) is 7.09. The van der Waals surface area contributed by atoms with Crippen LogP contribution in [0.3, 0.4) is 0 Å².